The van der Waals surface area contributed by atoms with Crippen LogP contribution in [-0.4, -0.2) is 56.0 Å². The highest BCUT2D eigenvalue weighted by Crippen LogP contribution is 2.30. The SMILES string of the molecule is CS(=O)(=O)Cc1cc(N2CC3CCC(C2)O3)nc(-c2ccc(NC(N)=O)cc2)n1. The second kappa shape index (κ2) is 7.60. The van der Waals surface area contributed by atoms with Crippen LogP contribution in [0.4, 0.5) is 16.3 Å². The number of morpholine rings is 1. The molecule has 3 N–H and O–H groups in total. The first-order valence-electron chi connectivity index (χ1n) is 9.38. The van der Waals surface area contributed by atoms with Gasteiger partial charge in [-0.3, -0.25) is 0 Å². The Kier molecular flexibility index (Phi) is 5.13. The smallest absolute Gasteiger partial charge is 0.316 e. The van der Waals surface area contributed by atoms with Crippen molar-refractivity contribution >= 4 is 27.4 Å². The number of nitrogens with one attached hydrogen (secondary N) is 1. The van der Waals surface area contributed by atoms with Crippen LogP contribution in [0.25, 0.3) is 11.4 Å². The molecule has 4 rings (SSSR count). The number of aromatic nitrogens is 2. The van der Waals surface area contributed by atoms with Crippen LogP contribution < -0.4 is 16.0 Å². The second-order valence-corrected chi connectivity index (χ2v) is 9.68. The lowest BCUT2D eigenvalue weighted by Gasteiger charge is -2.33. The van der Waals surface area contributed by atoms with Crippen molar-refractivity contribution in [3.05, 3.63) is 36.0 Å². The van der Waals surface area contributed by atoms with E-state index in [1.54, 1.807) is 30.3 Å². The Bertz CT molecular complexity index is 1010. The van der Waals surface area contributed by atoms with Crippen molar-refractivity contribution in [2.24, 2.45) is 5.73 Å². The number of nitrogens with two attached hydrogens (primary N) is 1. The van der Waals surface area contributed by atoms with Gasteiger partial charge in [0.15, 0.2) is 15.7 Å². The minimum atomic E-state index is -3.25. The molecule has 3 heterocycles. The summed E-state index contributed by atoms with van der Waals surface area (Å²) in [4.78, 5) is 22.3. The molecular formula is C19H23N5O4S. The molecule has 1 aromatic heterocycles. The molecule has 0 spiro atoms. The molecule has 10 heteroatoms. The number of ether oxygens (including phenoxy) is 1. The molecule has 2 amide bonds. The highest BCUT2D eigenvalue weighted by Gasteiger charge is 2.34. The van der Waals surface area contributed by atoms with E-state index in [0.29, 0.717) is 28.6 Å². The number of carbonyl (C=O) groups is 1. The number of hydrogen-bond donors (Lipinski definition) is 2. The molecular weight excluding hydrogens is 394 g/mol. The maximum Gasteiger partial charge on any atom is 0.316 e. The van der Waals surface area contributed by atoms with Crippen LogP contribution in [0.3, 0.4) is 0 Å². The molecule has 2 aliphatic rings. The lowest BCUT2D eigenvalue weighted by Crippen LogP contribution is -2.43. The summed E-state index contributed by atoms with van der Waals surface area (Å²) in [7, 11) is -3.25. The Labute approximate surface area is 169 Å². The van der Waals surface area contributed by atoms with Gasteiger partial charge in [-0.05, 0) is 37.1 Å². The maximum absolute atomic E-state index is 11.9. The average molecular weight is 417 g/mol. The van der Waals surface area contributed by atoms with Crippen molar-refractivity contribution in [1.29, 1.82) is 0 Å². The van der Waals surface area contributed by atoms with Crippen LogP contribution in [0.1, 0.15) is 18.5 Å². The Morgan fingerprint density at radius 3 is 2.45 bits per heavy atom. The molecule has 2 bridgehead atoms. The van der Waals surface area contributed by atoms with Crippen molar-refractivity contribution in [2.45, 2.75) is 30.8 Å². The number of anilines is 2. The first-order valence-corrected chi connectivity index (χ1v) is 11.4. The number of nitrogens with zero attached hydrogens (tertiary/aromatic N) is 3. The predicted molar refractivity (Wildman–Crippen MR) is 109 cm³/mol. The summed E-state index contributed by atoms with van der Waals surface area (Å²) in [5.41, 5.74) is 6.85. The first-order chi connectivity index (χ1) is 13.7. The maximum atomic E-state index is 11.9. The van der Waals surface area contributed by atoms with Gasteiger partial charge in [-0.25, -0.2) is 23.2 Å². The molecule has 154 valence electrons. The van der Waals surface area contributed by atoms with E-state index >= 15 is 0 Å². The Balaban J connectivity index is 1.68. The monoisotopic (exact) mass is 417 g/mol. The van der Waals surface area contributed by atoms with Gasteiger partial charge in [0.25, 0.3) is 0 Å². The molecule has 9 nitrogen and oxygen atoms in total. The average Bonchev–Trinajstić information content (AvgIpc) is 2.98. The van der Waals surface area contributed by atoms with Crippen LogP contribution in [-0.2, 0) is 20.3 Å². The zero-order valence-corrected chi connectivity index (χ0v) is 16.9. The normalized spacial score (nSPS) is 21.2. The third-order valence-electron chi connectivity index (χ3n) is 4.95. The number of benzene rings is 1. The number of urea groups is 1. The van der Waals surface area contributed by atoms with Crippen LogP contribution in [0, 0.1) is 0 Å². The van der Waals surface area contributed by atoms with Gasteiger partial charge in [0.2, 0.25) is 0 Å². The number of rotatable bonds is 5. The number of carbonyl (C=O) groups excluding carboxylic acids is 1. The van der Waals surface area contributed by atoms with Gasteiger partial charge in [-0.15, -0.1) is 0 Å². The summed E-state index contributed by atoms with van der Waals surface area (Å²) < 4.78 is 29.6. The predicted octanol–water partition coefficient (Wildman–Crippen LogP) is 1.55. The number of primary amides is 1. The summed E-state index contributed by atoms with van der Waals surface area (Å²) in [6.07, 6.45) is 3.62. The van der Waals surface area contributed by atoms with Crippen LogP contribution in [0.15, 0.2) is 30.3 Å². The van der Waals surface area contributed by atoms with Crippen LogP contribution in [0.5, 0.6) is 0 Å². The zero-order chi connectivity index (χ0) is 20.6. The van der Waals surface area contributed by atoms with Gasteiger partial charge in [-0.1, -0.05) is 0 Å². The summed E-state index contributed by atoms with van der Waals surface area (Å²) in [5, 5.41) is 2.50. The number of amides is 2. The molecule has 2 saturated heterocycles. The van der Waals surface area contributed by atoms with E-state index in [4.69, 9.17) is 15.5 Å². The highest BCUT2D eigenvalue weighted by atomic mass is 32.2. The van der Waals surface area contributed by atoms with Gasteiger partial charge < -0.3 is 20.7 Å². The second-order valence-electron chi connectivity index (χ2n) is 7.54. The first kappa shape index (κ1) is 19.6. The lowest BCUT2D eigenvalue weighted by molar-refractivity contribution is 0.0302. The fourth-order valence-electron chi connectivity index (χ4n) is 3.76. The number of sulfone groups is 1. The van der Waals surface area contributed by atoms with Gasteiger partial charge in [0.1, 0.15) is 5.82 Å². The molecule has 0 aliphatic carbocycles. The van der Waals surface area contributed by atoms with Crippen molar-refractivity contribution in [1.82, 2.24) is 9.97 Å². The van der Waals surface area contributed by atoms with Crippen molar-refractivity contribution < 1.29 is 17.9 Å². The fraction of sp³-hybridized carbons (Fsp3) is 0.421. The largest absolute Gasteiger partial charge is 0.371 e. The van der Waals surface area contributed by atoms with Gasteiger partial charge >= 0.3 is 6.03 Å². The number of hydrogen-bond acceptors (Lipinski definition) is 7. The summed E-state index contributed by atoms with van der Waals surface area (Å²) in [5.74, 6) is 0.979. The quantitative estimate of drug-likeness (QED) is 0.755. The van der Waals surface area contributed by atoms with E-state index in [9.17, 15) is 13.2 Å². The van der Waals surface area contributed by atoms with Gasteiger partial charge in [-0.2, -0.15) is 0 Å². The molecule has 2 fully saturated rings. The van der Waals surface area contributed by atoms with E-state index in [2.05, 4.69) is 15.2 Å². The zero-order valence-electron chi connectivity index (χ0n) is 16.0. The van der Waals surface area contributed by atoms with Crippen molar-refractivity contribution in [3.8, 4) is 11.4 Å². The molecule has 29 heavy (non-hydrogen) atoms. The minimum absolute atomic E-state index is 0.159. The molecule has 0 saturated carbocycles. The minimum Gasteiger partial charge on any atom is -0.371 e. The Hall–Kier alpha value is -2.72. The third kappa shape index (κ3) is 4.83. The highest BCUT2D eigenvalue weighted by molar-refractivity contribution is 7.89. The van der Waals surface area contributed by atoms with Crippen molar-refractivity contribution in [2.75, 3.05) is 29.6 Å². The molecule has 0 radical (unpaired) electrons. The van der Waals surface area contributed by atoms with E-state index in [0.717, 1.165) is 25.9 Å². The van der Waals surface area contributed by atoms with Crippen LogP contribution in [0.2, 0.25) is 0 Å². The van der Waals surface area contributed by atoms with E-state index in [1.165, 1.54) is 6.26 Å². The lowest BCUT2D eigenvalue weighted by atomic mass is 10.2. The Morgan fingerprint density at radius 2 is 1.86 bits per heavy atom. The topological polar surface area (TPSA) is 128 Å². The third-order valence-corrected chi connectivity index (χ3v) is 5.77. The standard InChI is InChI=1S/C19H23N5O4S/c1-29(26,27)11-14-8-17(24-9-15-6-7-16(10-24)28-15)23-18(21-14)12-2-4-13(5-3-12)22-19(20)25/h2-5,8,15-16H,6-7,9-11H2,1H3,(H3,20,22,25). The molecule has 2 aromatic rings. The Morgan fingerprint density at radius 1 is 1.21 bits per heavy atom. The van der Waals surface area contributed by atoms with E-state index in [1.807, 2.05) is 0 Å². The molecule has 1 aromatic carbocycles. The number of fused-ring (bicyclic) bond motifs is 2. The molecule has 2 aliphatic heterocycles. The fourth-order valence-corrected chi connectivity index (χ4v) is 4.45. The summed E-state index contributed by atoms with van der Waals surface area (Å²) in [6.45, 7) is 1.46. The molecule has 2 unspecified atom stereocenters. The summed E-state index contributed by atoms with van der Waals surface area (Å²) >= 11 is 0. The molecule has 2 atom stereocenters. The summed E-state index contributed by atoms with van der Waals surface area (Å²) in [6, 6.07) is 8.02. The van der Waals surface area contributed by atoms with E-state index < -0.39 is 15.9 Å². The van der Waals surface area contributed by atoms with Crippen LogP contribution >= 0.6 is 0 Å². The van der Waals surface area contributed by atoms with E-state index in [-0.39, 0.29) is 18.0 Å². The van der Waals surface area contributed by atoms with Gasteiger partial charge in [0.05, 0.1) is 23.7 Å². The van der Waals surface area contributed by atoms with Gasteiger partial charge in [0, 0.05) is 36.7 Å². The van der Waals surface area contributed by atoms with Crippen molar-refractivity contribution in [3.63, 3.8) is 0 Å².